The van der Waals surface area contributed by atoms with E-state index in [0.29, 0.717) is 29.7 Å². The fourth-order valence-electron chi connectivity index (χ4n) is 4.39. The topological polar surface area (TPSA) is 84.7 Å². The Kier molecular flexibility index (Phi) is 4.48. The SMILES string of the molecule is NC1CCC2CN(C(=O)c3cccc(NC(=O)C4CCCO4)c3)CC12. The second-order valence-electron chi connectivity index (χ2n) is 7.45. The summed E-state index contributed by atoms with van der Waals surface area (Å²) in [4.78, 5) is 26.9. The van der Waals surface area contributed by atoms with Crippen molar-refractivity contribution in [3.63, 3.8) is 0 Å². The van der Waals surface area contributed by atoms with Gasteiger partial charge < -0.3 is 20.7 Å². The van der Waals surface area contributed by atoms with Crippen LogP contribution in [0.1, 0.15) is 36.0 Å². The minimum Gasteiger partial charge on any atom is -0.368 e. The summed E-state index contributed by atoms with van der Waals surface area (Å²) in [5.74, 6) is 0.867. The minimum atomic E-state index is -0.376. The number of anilines is 1. The van der Waals surface area contributed by atoms with Gasteiger partial charge in [0.2, 0.25) is 0 Å². The summed E-state index contributed by atoms with van der Waals surface area (Å²) in [6.45, 7) is 2.18. The van der Waals surface area contributed by atoms with E-state index < -0.39 is 0 Å². The second-order valence-corrected chi connectivity index (χ2v) is 7.45. The lowest BCUT2D eigenvalue weighted by Crippen LogP contribution is -2.33. The molecule has 3 fully saturated rings. The van der Waals surface area contributed by atoms with Gasteiger partial charge in [-0.3, -0.25) is 9.59 Å². The van der Waals surface area contributed by atoms with Crippen molar-refractivity contribution >= 4 is 17.5 Å². The molecule has 2 amide bonds. The average Bonchev–Trinajstić information content (AvgIpc) is 3.33. The average molecular weight is 343 g/mol. The molecule has 3 aliphatic rings. The Labute approximate surface area is 147 Å². The lowest BCUT2D eigenvalue weighted by atomic mass is 9.98. The monoisotopic (exact) mass is 343 g/mol. The van der Waals surface area contributed by atoms with Crippen molar-refractivity contribution in [3.8, 4) is 0 Å². The highest BCUT2D eigenvalue weighted by molar-refractivity contribution is 5.98. The van der Waals surface area contributed by atoms with Gasteiger partial charge in [0.1, 0.15) is 6.10 Å². The highest BCUT2D eigenvalue weighted by atomic mass is 16.5. The smallest absolute Gasteiger partial charge is 0.253 e. The van der Waals surface area contributed by atoms with Gasteiger partial charge in [0.25, 0.3) is 11.8 Å². The molecule has 1 aliphatic carbocycles. The summed E-state index contributed by atoms with van der Waals surface area (Å²) in [5, 5.41) is 2.86. The predicted octanol–water partition coefficient (Wildman–Crippen LogP) is 1.61. The third-order valence-electron chi connectivity index (χ3n) is 5.80. The Morgan fingerprint density at radius 3 is 2.84 bits per heavy atom. The number of hydrogen-bond donors (Lipinski definition) is 2. The highest BCUT2D eigenvalue weighted by Gasteiger charge is 2.42. The largest absolute Gasteiger partial charge is 0.368 e. The lowest BCUT2D eigenvalue weighted by Gasteiger charge is -2.19. The summed E-state index contributed by atoms with van der Waals surface area (Å²) < 4.78 is 5.40. The molecular formula is C19H25N3O3. The lowest BCUT2D eigenvalue weighted by molar-refractivity contribution is -0.124. The van der Waals surface area contributed by atoms with Crippen molar-refractivity contribution in [3.05, 3.63) is 29.8 Å². The van der Waals surface area contributed by atoms with Crippen LogP contribution in [0.25, 0.3) is 0 Å². The van der Waals surface area contributed by atoms with E-state index in [-0.39, 0.29) is 24.0 Å². The van der Waals surface area contributed by atoms with Gasteiger partial charge in [0, 0.05) is 37.0 Å². The zero-order valence-electron chi connectivity index (χ0n) is 14.3. The number of fused-ring (bicyclic) bond motifs is 1. The second kappa shape index (κ2) is 6.77. The summed E-state index contributed by atoms with van der Waals surface area (Å²) in [6.07, 6.45) is 3.48. The van der Waals surface area contributed by atoms with E-state index in [2.05, 4.69) is 5.32 Å². The fraction of sp³-hybridized carbons (Fsp3) is 0.579. The number of likely N-dealkylation sites (tertiary alicyclic amines) is 1. The molecule has 1 saturated carbocycles. The third-order valence-corrected chi connectivity index (χ3v) is 5.80. The number of carbonyl (C=O) groups excluding carboxylic acids is 2. The van der Waals surface area contributed by atoms with Gasteiger partial charge in [-0.25, -0.2) is 0 Å². The van der Waals surface area contributed by atoms with E-state index in [1.165, 1.54) is 0 Å². The van der Waals surface area contributed by atoms with E-state index in [9.17, 15) is 9.59 Å². The molecular weight excluding hydrogens is 318 g/mol. The first-order chi connectivity index (χ1) is 12.1. The molecule has 6 heteroatoms. The number of carbonyl (C=O) groups is 2. The molecule has 6 nitrogen and oxygen atoms in total. The number of nitrogens with one attached hydrogen (secondary N) is 1. The highest BCUT2D eigenvalue weighted by Crippen LogP contribution is 2.37. The van der Waals surface area contributed by atoms with Crippen LogP contribution in [0.4, 0.5) is 5.69 Å². The summed E-state index contributed by atoms with van der Waals surface area (Å²) in [7, 11) is 0. The quantitative estimate of drug-likeness (QED) is 0.873. The van der Waals surface area contributed by atoms with Crippen LogP contribution in [0.2, 0.25) is 0 Å². The minimum absolute atomic E-state index is 0.0230. The van der Waals surface area contributed by atoms with E-state index in [1.54, 1.807) is 24.3 Å². The van der Waals surface area contributed by atoms with E-state index in [4.69, 9.17) is 10.5 Å². The standard InChI is InChI=1S/C19H25N3O3/c20-16-7-6-13-10-22(11-15(13)16)19(24)12-3-1-4-14(9-12)21-18(23)17-5-2-8-25-17/h1,3-4,9,13,15-17H,2,5-8,10-11,20H2,(H,21,23). The van der Waals surface area contributed by atoms with Gasteiger partial charge in [-0.2, -0.15) is 0 Å². The van der Waals surface area contributed by atoms with Crippen molar-refractivity contribution in [1.29, 1.82) is 0 Å². The van der Waals surface area contributed by atoms with Crippen LogP contribution in [-0.4, -0.2) is 48.6 Å². The zero-order valence-corrected chi connectivity index (χ0v) is 14.3. The Hall–Kier alpha value is -1.92. The molecule has 3 N–H and O–H groups in total. The molecule has 25 heavy (non-hydrogen) atoms. The summed E-state index contributed by atoms with van der Waals surface area (Å²) in [5.41, 5.74) is 7.41. The van der Waals surface area contributed by atoms with E-state index in [1.807, 2.05) is 4.90 Å². The molecule has 2 heterocycles. The van der Waals surface area contributed by atoms with Gasteiger partial charge in [-0.05, 0) is 55.7 Å². The molecule has 4 rings (SSSR count). The summed E-state index contributed by atoms with van der Waals surface area (Å²) >= 11 is 0. The maximum Gasteiger partial charge on any atom is 0.253 e. The van der Waals surface area contributed by atoms with Crippen molar-refractivity contribution in [2.45, 2.75) is 37.8 Å². The number of hydrogen-bond acceptors (Lipinski definition) is 4. The van der Waals surface area contributed by atoms with E-state index in [0.717, 1.165) is 38.8 Å². The number of nitrogens with zero attached hydrogens (tertiary/aromatic N) is 1. The molecule has 1 aromatic carbocycles. The van der Waals surface area contributed by atoms with Crippen LogP contribution in [-0.2, 0) is 9.53 Å². The molecule has 0 spiro atoms. The molecule has 4 unspecified atom stereocenters. The van der Waals surface area contributed by atoms with Crippen LogP contribution in [0, 0.1) is 11.8 Å². The normalized spacial score (nSPS) is 31.2. The van der Waals surface area contributed by atoms with Crippen molar-refractivity contribution in [2.75, 3.05) is 25.0 Å². The molecule has 2 saturated heterocycles. The van der Waals surface area contributed by atoms with Crippen molar-refractivity contribution in [2.24, 2.45) is 17.6 Å². The van der Waals surface area contributed by atoms with Crippen molar-refractivity contribution in [1.82, 2.24) is 4.90 Å². The Morgan fingerprint density at radius 1 is 1.20 bits per heavy atom. The number of rotatable bonds is 3. The Balaban J connectivity index is 1.42. The zero-order chi connectivity index (χ0) is 17.4. The maximum atomic E-state index is 12.8. The number of benzene rings is 1. The molecule has 0 bridgehead atoms. The van der Waals surface area contributed by atoms with Gasteiger partial charge in [0.15, 0.2) is 0 Å². The van der Waals surface area contributed by atoms with Gasteiger partial charge in [-0.1, -0.05) is 6.07 Å². The fourth-order valence-corrected chi connectivity index (χ4v) is 4.39. The third kappa shape index (κ3) is 3.28. The molecule has 2 aliphatic heterocycles. The summed E-state index contributed by atoms with van der Waals surface area (Å²) in [6, 6.07) is 7.39. The van der Waals surface area contributed by atoms with Crippen LogP contribution < -0.4 is 11.1 Å². The molecule has 134 valence electrons. The molecule has 1 aromatic rings. The van der Waals surface area contributed by atoms with Gasteiger partial charge >= 0.3 is 0 Å². The Morgan fingerprint density at radius 2 is 2.08 bits per heavy atom. The molecule has 0 radical (unpaired) electrons. The first kappa shape index (κ1) is 16.5. The van der Waals surface area contributed by atoms with E-state index >= 15 is 0 Å². The molecule has 4 atom stereocenters. The number of ether oxygens (including phenoxy) is 1. The first-order valence-corrected chi connectivity index (χ1v) is 9.19. The van der Waals surface area contributed by atoms with Crippen LogP contribution in [0.5, 0.6) is 0 Å². The van der Waals surface area contributed by atoms with Gasteiger partial charge in [-0.15, -0.1) is 0 Å². The Bertz CT molecular complexity index is 672. The maximum absolute atomic E-state index is 12.8. The van der Waals surface area contributed by atoms with Crippen molar-refractivity contribution < 1.29 is 14.3 Å². The van der Waals surface area contributed by atoms with Crippen LogP contribution >= 0.6 is 0 Å². The number of amides is 2. The van der Waals surface area contributed by atoms with Gasteiger partial charge in [0.05, 0.1) is 0 Å². The number of nitrogens with two attached hydrogens (primary N) is 1. The predicted molar refractivity (Wildman–Crippen MR) is 94.1 cm³/mol. The van der Waals surface area contributed by atoms with Crippen LogP contribution in [0.3, 0.4) is 0 Å². The van der Waals surface area contributed by atoms with Crippen LogP contribution in [0.15, 0.2) is 24.3 Å². The molecule has 0 aromatic heterocycles. The first-order valence-electron chi connectivity index (χ1n) is 9.19.